The quantitative estimate of drug-likeness (QED) is 0.0261. The summed E-state index contributed by atoms with van der Waals surface area (Å²) in [6.07, 6.45) is 82.8. The van der Waals surface area contributed by atoms with Crippen molar-refractivity contribution >= 4 is 17.9 Å². The van der Waals surface area contributed by atoms with Crippen molar-refractivity contribution in [3.8, 4) is 0 Å². The Labute approximate surface area is 457 Å². The van der Waals surface area contributed by atoms with E-state index in [9.17, 15) is 14.4 Å². The SMILES string of the molecule is CC/C=C\C/C=C\C/C=C\C/C=C\C/C=C\CCCCCCCCCCCC(=O)OCC(COC(=O)CCCCCCCCCC)OC(=O)CCCCCCCCCC/C=C\C/C=C\C/C=C\CCCCCCC. The van der Waals surface area contributed by atoms with Crippen molar-refractivity contribution in [2.75, 3.05) is 13.2 Å². The van der Waals surface area contributed by atoms with Crippen molar-refractivity contribution in [1.82, 2.24) is 0 Å². The van der Waals surface area contributed by atoms with E-state index in [1.165, 1.54) is 141 Å². The van der Waals surface area contributed by atoms with Gasteiger partial charge in [-0.1, -0.05) is 272 Å². The molecular formula is C68H116O6. The van der Waals surface area contributed by atoms with Crippen molar-refractivity contribution < 1.29 is 28.6 Å². The lowest BCUT2D eigenvalue weighted by Gasteiger charge is -2.18. The number of hydrogen-bond acceptors (Lipinski definition) is 6. The minimum Gasteiger partial charge on any atom is -0.462 e. The van der Waals surface area contributed by atoms with Crippen LogP contribution in [-0.4, -0.2) is 37.2 Å². The average molecular weight is 1030 g/mol. The van der Waals surface area contributed by atoms with E-state index < -0.39 is 6.10 Å². The molecular weight excluding hydrogens is 913 g/mol. The van der Waals surface area contributed by atoms with Gasteiger partial charge in [-0.2, -0.15) is 0 Å². The summed E-state index contributed by atoms with van der Waals surface area (Å²) in [6, 6.07) is 0. The smallest absolute Gasteiger partial charge is 0.306 e. The second-order valence-electron chi connectivity index (χ2n) is 20.6. The van der Waals surface area contributed by atoms with Gasteiger partial charge in [0.1, 0.15) is 13.2 Å². The van der Waals surface area contributed by atoms with Gasteiger partial charge in [-0.05, 0) is 103 Å². The number of hydrogen-bond donors (Lipinski definition) is 0. The van der Waals surface area contributed by atoms with Crippen LogP contribution in [0.25, 0.3) is 0 Å². The van der Waals surface area contributed by atoms with Gasteiger partial charge in [0, 0.05) is 19.3 Å². The van der Waals surface area contributed by atoms with Gasteiger partial charge in [0.25, 0.3) is 0 Å². The Kier molecular flexibility index (Phi) is 58.8. The molecule has 0 saturated heterocycles. The van der Waals surface area contributed by atoms with Crippen molar-refractivity contribution in [2.45, 2.75) is 303 Å². The number of rotatable bonds is 56. The lowest BCUT2D eigenvalue weighted by molar-refractivity contribution is -0.167. The van der Waals surface area contributed by atoms with Crippen LogP contribution >= 0.6 is 0 Å². The highest BCUT2D eigenvalue weighted by Crippen LogP contribution is 2.15. The zero-order valence-corrected chi connectivity index (χ0v) is 48.6. The molecule has 0 heterocycles. The van der Waals surface area contributed by atoms with Gasteiger partial charge in [-0.15, -0.1) is 0 Å². The molecule has 0 aliphatic rings. The Balaban J connectivity index is 4.23. The van der Waals surface area contributed by atoms with Crippen LogP contribution in [0.3, 0.4) is 0 Å². The third-order valence-electron chi connectivity index (χ3n) is 13.3. The Bertz CT molecular complexity index is 1460. The number of esters is 3. The highest BCUT2D eigenvalue weighted by Gasteiger charge is 2.19. The van der Waals surface area contributed by atoms with Crippen molar-refractivity contribution in [2.24, 2.45) is 0 Å². The minimum atomic E-state index is -0.783. The molecule has 0 saturated carbocycles. The lowest BCUT2D eigenvalue weighted by Crippen LogP contribution is -2.30. The number of carbonyl (C=O) groups excluding carboxylic acids is 3. The van der Waals surface area contributed by atoms with Crippen LogP contribution < -0.4 is 0 Å². The largest absolute Gasteiger partial charge is 0.462 e. The second kappa shape index (κ2) is 61.9. The van der Waals surface area contributed by atoms with Gasteiger partial charge < -0.3 is 14.2 Å². The summed E-state index contributed by atoms with van der Waals surface area (Å²) in [7, 11) is 0. The molecule has 0 aliphatic heterocycles. The monoisotopic (exact) mass is 1030 g/mol. The molecule has 0 radical (unpaired) electrons. The average Bonchev–Trinajstić information content (AvgIpc) is 3.40. The molecule has 0 N–H and O–H groups in total. The molecule has 0 spiro atoms. The summed E-state index contributed by atoms with van der Waals surface area (Å²) in [4.78, 5) is 38.1. The first kappa shape index (κ1) is 70.3. The van der Waals surface area contributed by atoms with E-state index in [-0.39, 0.29) is 31.1 Å². The summed E-state index contributed by atoms with van der Waals surface area (Å²) in [5, 5.41) is 0. The fourth-order valence-electron chi connectivity index (χ4n) is 8.65. The van der Waals surface area contributed by atoms with Gasteiger partial charge in [0.2, 0.25) is 0 Å². The molecule has 0 bridgehead atoms. The fraction of sp³-hybridized carbons (Fsp3) is 0.721. The molecule has 424 valence electrons. The van der Waals surface area contributed by atoms with Gasteiger partial charge >= 0.3 is 17.9 Å². The highest BCUT2D eigenvalue weighted by atomic mass is 16.6. The van der Waals surface area contributed by atoms with E-state index in [1.54, 1.807) is 0 Å². The van der Waals surface area contributed by atoms with Gasteiger partial charge in [-0.25, -0.2) is 0 Å². The summed E-state index contributed by atoms with van der Waals surface area (Å²) >= 11 is 0. The Morgan fingerprint density at radius 1 is 0.284 bits per heavy atom. The van der Waals surface area contributed by atoms with Crippen LogP contribution in [-0.2, 0) is 28.6 Å². The minimum absolute atomic E-state index is 0.0810. The molecule has 0 aromatic heterocycles. The summed E-state index contributed by atoms with van der Waals surface area (Å²) in [5.41, 5.74) is 0. The molecule has 74 heavy (non-hydrogen) atoms. The fourth-order valence-corrected chi connectivity index (χ4v) is 8.65. The molecule has 0 aromatic rings. The summed E-state index contributed by atoms with van der Waals surface area (Å²) < 4.78 is 16.8. The van der Waals surface area contributed by atoms with E-state index in [2.05, 4.69) is 118 Å². The zero-order chi connectivity index (χ0) is 53.6. The third-order valence-corrected chi connectivity index (χ3v) is 13.3. The Hall–Kier alpha value is -3.67. The standard InChI is InChI=1S/C68H116O6/c1-4-7-10-13-16-19-21-23-25-27-29-31-33-34-36-37-39-41-43-45-47-49-52-55-58-61-67(70)73-64-65(63-72-66(69)60-57-54-51-18-15-12-9-6-3)74-68(71)62-59-56-53-50-48-46-44-42-40-38-35-32-30-28-26-24-22-20-17-14-11-8-5-2/h7,10,16,19,22-25,28-31,34-36,38,65H,4-6,8-9,11-15,17-18,20-21,26-27,32-33,37,39-64H2,1-3H3/b10-7-,19-16-,24-22-,25-23-,30-28-,31-29-,36-34-,38-35-. The zero-order valence-electron chi connectivity index (χ0n) is 48.6. The molecule has 1 unspecified atom stereocenters. The third kappa shape index (κ3) is 59.2. The molecule has 0 rings (SSSR count). The van der Waals surface area contributed by atoms with Crippen molar-refractivity contribution in [1.29, 1.82) is 0 Å². The van der Waals surface area contributed by atoms with E-state index in [0.29, 0.717) is 19.3 Å². The number of unbranched alkanes of at least 4 members (excludes halogenated alkanes) is 29. The van der Waals surface area contributed by atoms with Crippen LogP contribution in [0, 0.1) is 0 Å². The first-order valence-corrected chi connectivity index (χ1v) is 31.2. The predicted molar refractivity (Wildman–Crippen MR) is 320 cm³/mol. The van der Waals surface area contributed by atoms with E-state index in [1.807, 2.05) is 0 Å². The normalized spacial score (nSPS) is 12.7. The van der Waals surface area contributed by atoms with Crippen LogP contribution in [0.1, 0.15) is 297 Å². The van der Waals surface area contributed by atoms with Crippen LogP contribution in [0.4, 0.5) is 0 Å². The van der Waals surface area contributed by atoms with Crippen molar-refractivity contribution in [3.05, 3.63) is 97.2 Å². The van der Waals surface area contributed by atoms with Crippen LogP contribution in [0.5, 0.6) is 0 Å². The topological polar surface area (TPSA) is 78.9 Å². The lowest BCUT2D eigenvalue weighted by atomic mass is 10.1. The van der Waals surface area contributed by atoms with E-state index in [0.717, 1.165) is 116 Å². The maximum absolute atomic E-state index is 12.9. The van der Waals surface area contributed by atoms with Crippen LogP contribution in [0.2, 0.25) is 0 Å². The van der Waals surface area contributed by atoms with E-state index >= 15 is 0 Å². The molecule has 0 aliphatic carbocycles. The van der Waals surface area contributed by atoms with Gasteiger partial charge in [0.05, 0.1) is 0 Å². The number of carbonyl (C=O) groups is 3. The number of allylic oxidation sites excluding steroid dienone is 16. The first-order valence-electron chi connectivity index (χ1n) is 31.2. The molecule has 0 aromatic carbocycles. The first-order chi connectivity index (χ1) is 36.5. The van der Waals surface area contributed by atoms with Gasteiger partial charge in [-0.3, -0.25) is 14.4 Å². The Morgan fingerprint density at radius 3 is 0.824 bits per heavy atom. The molecule has 0 fully saturated rings. The maximum Gasteiger partial charge on any atom is 0.306 e. The number of ether oxygens (including phenoxy) is 3. The van der Waals surface area contributed by atoms with Crippen molar-refractivity contribution in [3.63, 3.8) is 0 Å². The highest BCUT2D eigenvalue weighted by molar-refractivity contribution is 5.71. The second-order valence-corrected chi connectivity index (χ2v) is 20.6. The molecule has 1 atom stereocenters. The predicted octanol–water partition coefficient (Wildman–Crippen LogP) is 21.3. The van der Waals surface area contributed by atoms with Gasteiger partial charge in [0.15, 0.2) is 6.10 Å². The summed E-state index contributed by atoms with van der Waals surface area (Å²) in [6.45, 7) is 6.49. The molecule has 6 heteroatoms. The maximum atomic E-state index is 12.9. The van der Waals surface area contributed by atoms with E-state index in [4.69, 9.17) is 14.2 Å². The summed E-state index contributed by atoms with van der Waals surface area (Å²) in [5.74, 6) is -0.892. The molecule has 0 amide bonds. The molecule has 6 nitrogen and oxygen atoms in total. The van der Waals surface area contributed by atoms with Crippen LogP contribution in [0.15, 0.2) is 97.2 Å². The Morgan fingerprint density at radius 2 is 0.527 bits per heavy atom.